The molecule has 0 spiro atoms. The lowest BCUT2D eigenvalue weighted by atomic mass is 10.1. The number of aromatic nitrogens is 2. The van der Waals surface area contributed by atoms with Gasteiger partial charge in [-0.2, -0.15) is 5.10 Å². The molecule has 0 saturated carbocycles. The minimum Gasteiger partial charge on any atom is -0.351 e. The van der Waals surface area contributed by atoms with E-state index in [9.17, 15) is 0 Å². The molecule has 2 aliphatic rings. The lowest BCUT2D eigenvalue weighted by Crippen LogP contribution is -2.34. The van der Waals surface area contributed by atoms with Crippen LogP contribution in [0.5, 0.6) is 0 Å². The molecule has 2 aliphatic heterocycles. The SMILES string of the molecule is c1cnnc(N2CC[C@H]3CNC[C@H]32)c1. The zero-order valence-electron chi connectivity index (χ0n) is 8.06. The maximum Gasteiger partial charge on any atom is 0.151 e. The summed E-state index contributed by atoms with van der Waals surface area (Å²) < 4.78 is 0. The van der Waals surface area contributed by atoms with Gasteiger partial charge in [-0.25, -0.2) is 0 Å². The van der Waals surface area contributed by atoms with Crippen molar-refractivity contribution in [3.05, 3.63) is 18.3 Å². The number of rotatable bonds is 1. The van der Waals surface area contributed by atoms with Crippen LogP contribution in [-0.2, 0) is 0 Å². The number of nitrogens with zero attached hydrogens (tertiary/aromatic N) is 3. The smallest absolute Gasteiger partial charge is 0.151 e. The zero-order chi connectivity index (χ0) is 9.38. The van der Waals surface area contributed by atoms with Crippen molar-refractivity contribution in [3.8, 4) is 0 Å². The van der Waals surface area contributed by atoms with Crippen LogP contribution < -0.4 is 10.2 Å². The minimum atomic E-state index is 0.645. The second-order valence-electron chi connectivity index (χ2n) is 4.05. The van der Waals surface area contributed by atoms with Crippen LogP contribution in [-0.4, -0.2) is 35.9 Å². The van der Waals surface area contributed by atoms with Crippen molar-refractivity contribution >= 4 is 5.82 Å². The minimum absolute atomic E-state index is 0.645. The summed E-state index contributed by atoms with van der Waals surface area (Å²) >= 11 is 0. The average Bonchev–Trinajstić information content (AvgIpc) is 2.79. The monoisotopic (exact) mass is 190 g/mol. The normalized spacial score (nSPS) is 30.7. The molecule has 1 N–H and O–H groups in total. The lowest BCUT2D eigenvalue weighted by molar-refractivity contribution is 0.577. The highest BCUT2D eigenvalue weighted by Crippen LogP contribution is 2.30. The lowest BCUT2D eigenvalue weighted by Gasteiger charge is -2.23. The molecule has 1 aromatic heterocycles. The van der Waals surface area contributed by atoms with Crippen LogP contribution >= 0.6 is 0 Å². The van der Waals surface area contributed by atoms with Crippen molar-refractivity contribution < 1.29 is 0 Å². The number of anilines is 1. The number of hydrogen-bond donors (Lipinski definition) is 1. The van der Waals surface area contributed by atoms with Gasteiger partial charge in [0, 0.05) is 31.9 Å². The van der Waals surface area contributed by atoms with E-state index < -0.39 is 0 Å². The fraction of sp³-hybridized carbons (Fsp3) is 0.600. The Balaban J connectivity index is 1.86. The Labute approximate surface area is 83.3 Å². The van der Waals surface area contributed by atoms with E-state index >= 15 is 0 Å². The van der Waals surface area contributed by atoms with Crippen LogP contribution in [0.3, 0.4) is 0 Å². The second kappa shape index (κ2) is 3.20. The van der Waals surface area contributed by atoms with E-state index in [-0.39, 0.29) is 0 Å². The summed E-state index contributed by atoms with van der Waals surface area (Å²) in [7, 11) is 0. The molecule has 4 heteroatoms. The summed E-state index contributed by atoms with van der Waals surface area (Å²) in [6.45, 7) is 3.40. The van der Waals surface area contributed by atoms with Crippen LogP contribution in [0.4, 0.5) is 5.82 Å². The Bertz CT molecular complexity index is 313. The van der Waals surface area contributed by atoms with E-state index in [4.69, 9.17) is 0 Å². The molecule has 0 aromatic carbocycles. The van der Waals surface area contributed by atoms with E-state index in [0.717, 1.165) is 24.8 Å². The van der Waals surface area contributed by atoms with Gasteiger partial charge in [0.05, 0.1) is 0 Å². The topological polar surface area (TPSA) is 41.1 Å². The zero-order valence-corrected chi connectivity index (χ0v) is 8.06. The molecule has 3 rings (SSSR count). The molecule has 2 fully saturated rings. The summed E-state index contributed by atoms with van der Waals surface area (Å²) in [4.78, 5) is 2.39. The summed E-state index contributed by atoms with van der Waals surface area (Å²) in [5.74, 6) is 1.85. The third-order valence-corrected chi connectivity index (χ3v) is 3.30. The first-order chi connectivity index (χ1) is 6.95. The van der Waals surface area contributed by atoms with Gasteiger partial charge in [0.1, 0.15) is 0 Å². The number of hydrogen-bond acceptors (Lipinski definition) is 4. The third-order valence-electron chi connectivity index (χ3n) is 3.30. The van der Waals surface area contributed by atoms with Gasteiger partial charge in [0.2, 0.25) is 0 Å². The van der Waals surface area contributed by atoms with Crippen molar-refractivity contribution in [2.24, 2.45) is 5.92 Å². The molecule has 1 aromatic rings. The quantitative estimate of drug-likeness (QED) is 0.690. The van der Waals surface area contributed by atoms with Gasteiger partial charge in [0.25, 0.3) is 0 Å². The molecule has 14 heavy (non-hydrogen) atoms. The van der Waals surface area contributed by atoms with Crippen molar-refractivity contribution in [2.75, 3.05) is 24.5 Å². The standard InChI is InChI=1S/C10H14N4/c1-2-10(13-12-4-1)14-5-3-8-6-11-7-9(8)14/h1-2,4,8-9,11H,3,5-7H2/t8-,9+/m0/s1. The summed E-state index contributed by atoms with van der Waals surface area (Å²) in [5.41, 5.74) is 0. The Morgan fingerprint density at radius 3 is 3.29 bits per heavy atom. The van der Waals surface area contributed by atoms with Gasteiger partial charge in [-0.1, -0.05) is 0 Å². The number of fused-ring (bicyclic) bond motifs is 1. The maximum atomic E-state index is 4.17. The molecule has 74 valence electrons. The van der Waals surface area contributed by atoms with Gasteiger partial charge in [-0.15, -0.1) is 5.10 Å². The molecule has 4 nitrogen and oxygen atoms in total. The van der Waals surface area contributed by atoms with Gasteiger partial charge in [0.15, 0.2) is 5.82 Å². The highest BCUT2D eigenvalue weighted by molar-refractivity contribution is 5.40. The van der Waals surface area contributed by atoms with Crippen LogP contribution in [0.2, 0.25) is 0 Å². The molecule has 2 atom stereocenters. The van der Waals surface area contributed by atoms with E-state index in [1.54, 1.807) is 6.20 Å². The maximum absolute atomic E-state index is 4.17. The first-order valence-corrected chi connectivity index (χ1v) is 5.20. The van der Waals surface area contributed by atoms with Gasteiger partial charge >= 0.3 is 0 Å². The van der Waals surface area contributed by atoms with E-state index in [0.29, 0.717) is 6.04 Å². The predicted molar refractivity (Wildman–Crippen MR) is 54.1 cm³/mol. The highest BCUT2D eigenvalue weighted by atomic mass is 15.3. The van der Waals surface area contributed by atoms with E-state index in [1.807, 2.05) is 12.1 Å². The first-order valence-electron chi connectivity index (χ1n) is 5.20. The van der Waals surface area contributed by atoms with Crippen LogP contribution in [0, 0.1) is 5.92 Å². The molecule has 0 aliphatic carbocycles. The van der Waals surface area contributed by atoms with Crippen LogP contribution in [0.15, 0.2) is 18.3 Å². The first kappa shape index (κ1) is 8.17. The Hall–Kier alpha value is -1.16. The third kappa shape index (κ3) is 1.18. The van der Waals surface area contributed by atoms with Crippen molar-refractivity contribution in [1.82, 2.24) is 15.5 Å². The molecule has 0 radical (unpaired) electrons. The molecule has 2 saturated heterocycles. The fourth-order valence-corrected chi connectivity index (χ4v) is 2.58. The summed E-state index contributed by atoms with van der Waals surface area (Å²) in [5, 5.41) is 11.5. The van der Waals surface area contributed by atoms with Crippen LogP contribution in [0.25, 0.3) is 0 Å². The van der Waals surface area contributed by atoms with E-state index in [1.165, 1.54) is 13.0 Å². The second-order valence-corrected chi connectivity index (χ2v) is 4.05. The Kier molecular flexibility index (Phi) is 1.87. The average molecular weight is 190 g/mol. The van der Waals surface area contributed by atoms with Crippen molar-refractivity contribution in [3.63, 3.8) is 0 Å². The molecular formula is C10H14N4. The molecule has 0 unspecified atom stereocenters. The highest BCUT2D eigenvalue weighted by Gasteiger charge is 2.37. The molecule has 0 bridgehead atoms. The Morgan fingerprint density at radius 2 is 2.43 bits per heavy atom. The van der Waals surface area contributed by atoms with Crippen LogP contribution in [0.1, 0.15) is 6.42 Å². The van der Waals surface area contributed by atoms with Gasteiger partial charge in [-0.3, -0.25) is 0 Å². The Morgan fingerprint density at radius 1 is 1.43 bits per heavy atom. The molecule has 3 heterocycles. The van der Waals surface area contributed by atoms with Gasteiger partial charge < -0.3 is 10.2 Å². The van der Waals surface area contributed by atoms with Crippen molar-refractivity contribution in [2.45, 2.75) is 12.5 Å². The summed E-state index contributed by atoms with van der Waals surface area (Å²) in [6.07, 6.45) is 3.01. The number of nitrogens with one attached hydrogen (secondary N) is 1. The largest absolute Gasteiger partial charge is 0.351 e. The fourth-order valence-electron chi connectivity index (χ4n) is 2.58. The summed E-state index contributed by atoms with van der Waals surface area (Å²) in [6, 6.07) is 4.65. The van der Waals surface area contributed by atoms with Crippen molar-refractivity contribution in [1.29, 1.82) is 0 Å². The van der Waals surface area contributed by atoms with E-state index in [2.05, 4.69) is 20.4 Å². The molecular weight excluding hydrogens is 176 g/mol. The molecule has 0 amide bonds. The predicted octanol–water partition coefficient (Wildman–Crippen LogP) is 0.275. The van der Waals surface area contributed by atoms with Gasteiger partial charge in [-0.05, 0) is 24.5 Å².